The number of aromatic amines is 1. The van der Waals surface area contributed by atoms with E-state index in [1.54, 1.807) is 12.3 Å². The second-order valence-corrected chi connectivity index (χ2v) is 3.12. The highest BCUT2D eigenvalue weighted by atomic mass is 19.1. The van der Waals surface area contributed by atoms with Crippen molar-refractivity contribution < 1.29 is 8.78 Å². The van der Waals surface area contributed by atoms with Crippen LogP contribution >= 0.6 is 0 Å². The van der Waals surface area contributed by atoms with Crippen molar-refractivity contribution >= 4 is 10.9 Å². The molecule has 1 aromatic heterocycles. The smallest absolute Gasteiger partial charge is 0.150 e. The Balaban J connectivity index is 2.71. The van der Waals surface area contributed by atoms with Gasteiger partial charge in [0.15, 0.2) is 0 Å². The van der Waals surface area contributed by atoms with E-state index in [0.29, 0.717) is 17.3 Å². The van der Waals surface area contributed by atoms with Crippen LogP contribution in [0.4, 0.5) is 8.78 Å². The second kappa shape index (κ2) is 3.25. The van der Waals surface area contributed by atoms with E-state index in [-0.39, 0.29) is 0 Å². The van der Waals surface area contributed by atoms with Crippen LogP contribution in [-0.2, 0) is 6.42 Å². The summed E-state index contributed by atoms with van der Waals surface area (Å²) < 4.78 is 26.1. The normalized spacial score (nSPS) is 10.7. The van der Waals surface area contributed by atoms with Crippen LogP contribution < -0.4 is 0 Å². The Morgan fingerprint density at radius 1 is 1.36 bits per heavy atom. The SMILES string of the molecule is C=CCc1c[nH]c2c(F)cc(F)cc12. The summed E-state index contributed by atoms with van der Waals surface area (Å²) in [7, 11) is 0. The van der Waals surface area contributed by atoms with Crippen molar-refractivity contribution in [3.63, 3.8) is 0 Å². The van der Waals surface area contributed by atoms with E-state index in [9.17, 15) is 8.78 Å². The lowest BCUT2D eigenvalue weighted by atomic mass is 10.1. The first-order valence-corrected chi connectivity index (χ1v) is 4.28. The molecule has 0 fully saturated rings. The monoisotopic (exact) mass is 193 g/mol. The van der Waals surface area contributed by atoms with Gasteiger partial charge in [0.1, 0.15) is 11.6 Å². The van der Waals surface area contributed by atoms with Crippen LogP contribution in [0.5, 0.6) is 0 Å². The Morgan fingerprint density at radius 2 is 2.14 bits per heavy atom. The van der Waals surface area contributed by atoms with Gasteiger partial charge < -0.3 is 4.98 Å². The fourth-order valence-corrected chi connectivity index (χ4v) is 1.53. The van der Waals surface area contributed by atoms with E-state index in [1.807, 2.05) is 0 Å². The Hall–Kier alpha value is -1.64. The lowest BCUT2D eigenvalue weighted by Gasteiger charge is -1.96. The summed E-state index contributed by atoms with van der Waals surface area (Å²) >= 11 is 0. The molecule has 1 heterocycles. The maximum atomic E-state index is 13.2. The fourth-order valence-electron chi connectivity index (χ4n) is 1.53. The summed E-state index contributed by atoms with van der Waals surface area (Å²) in [5, 5.41) is 0.586. The second-order valence-electron chi connectivity index (χ2n) is 3.12. The maximum absolute atomic E-state index is 13.2. The molecule has 0 saturated carbocycles. The van der Waals surface area contributed by atoms with Crippen molar-refractivity contribution in [3.05, 3.63) is 48.2 Å². The van der Waals surface area contributed by atoms with Crippen LogP contribution in [-0.4, -0.2) is 4.98 Å². The van der Waals surface area contributed by atoms with Crippen molar-refractivity contribution in [3.8, 4) is 0 Å². The summed E-state index contributed by atoms with van der Waals surface area (Å²) in [5.74, 6) is -1.12. The number of halogens is 2. The zero-order valence-electron chi connectivity index (χ0n) is 7.48. The van der Waals surface area contributed by atoms with Gasteiger partial charge in [-0.25, -0.2) is 8.78 Å². The number of H-pyrrole nitrogens is 1. The maximum Gasteiger partial charge on any atom is 0.150 e. The Bertz CT molecular complexity index is 485. The van der Waals surface area contributed by atoms with Gasteiger partial charge in [-0.1, -0.05) is 6.08 Å². The number of rotatable bonds is 2. The van der Waals surface area contributed by atoms with Gasteiger partial charge in [0.25, 0.3) is 0 Å². The van der Waals surface area contributed by atoms with Gasteiger partial charge in [-0.15, -0.1) is 6.58 Å². The third kappa shape index (κ3) is 1.31. The van der Waals surface area contributed by atoms with Gasteiger partial charge >= 0.3 is 0 Å². The van der Waals surface area contributed by atoms with Gasteiger partial charge in [0, 0.05) is 17.6 Å². The highest BCUT2D eigenvalue weighted by molar-refractivity contribution is 5.83. The lowest BCUT2D eigenvalue weighted by molar-refractivity contribution is 0.591. The number of benzene rings is 1. The lowest BCUT2D eigenvalue weighted by Crippen LogP contribution is -1.83. The molecule has 0 atom stereocenters. The largest absolute Gasteiger partial charge is 0.359 e. The van der Waals surface area contributed by atoms with Gasteiger partial charge in [-0.2, -0.15) is 0 Å². The minimum atomic E-state index is -0.560. The molecule has 1 nitrogen and oxygen atoms in total. The van der Waals surface area contributed by atoms with E-state index in [0.717, 1.165) is 11.6 Å². The molecule has 0 saturated heterocycles. The van der Waals surface area contributed by atoms with Crippen LogP contribution in [0.25, 0.3) is 10.9 Å². The first-order valence-electron chi connectivity index (χ1n) is 4.28. The summed E-state index contributed by atoms with van der Waals surface area (Å²) in [5.41, 5.74) is 1.21. The summed E-state index contributed by atoms with van der Waals surface area (Å²) in [6.45, 7) is 3.59. The van der Waals surface area contributed by atoms with Gasteiger partial charge in [-0.05, 0) is 18.1 Å². The van der Waals surface area contributed by atoms with E-state index in [2.05, 4.69) is 11.6 Å². The number of aromatic nitrogens is 1. The van der Waals surface area contributed by atoms with Crippen molar-refractivity contribution in [2.75, 3.05) is 0 Å². The van der Waals surface area contributed by atoms with E-state index < -0.39 is 11.6 Å². The molecule has 0 amide bonds. The third-order valence-corrected chi connectivity index (χ3v) is 2.16. The zero-order valence-corrected chi connectivity index (χ0v) is 7.48. The average Bonchev–Trinajstić information content (AvgIpc) is 2.49. The number of nitrogens with one attached hydrogen (secondary N) is 1. The molecule has 72 valence electrons. The van der Waals surface area contributed by atoms with E-state index >= 15 is 0 Å². The zero-order chi connectivity index (χ0) is 10.1. The molecule has 0 radical (unpaired) electrons. The summed E-state index contributed by atoms with van der Waals surface area (Å²) in [6, 6.07) is 2.20. The van der Waals surface area contributed by atoms with Gasteiger partial charge in [-0.3, -0.25) is 0 Å². The van der Waals surface area contributed by atoms with Crippen LogP contribution in [0.2, 0.25) is 0 Å². The molecule has 0 aliphatic rings. The summed E-state index contributed by atoms with van der Waals surface area (Å²) in [4.78, 5) is 2.78. The topological polar surface area (TPSA) is 15.8 Å². The molecule has 1 N–H and O–H groups in total. The minimum Gasteiger partial charge on any atom is -0.359 e. The first kappa shape index (κ1) is 8.94. The molecule has 0 bridgehead atoms. The highest BCUT2D eigenvalue weighted by Gasteiger charge is 2.08. The third-order valence-electron chi connectivity index (χ3n) is 2.16. The molecular formula is C11H9F2N. The van der Waals surface area contributed by atoms with Crippen LogP contribution in [0.3, 0.4) is 0 Å². The molecule has 14 heavy (non-hydrogen) atoms. The standard InChI is InChI=1S/C11H9F2N/c1-2-3-7-6-14-11-9(7)4-8(12)5-10(11)13/h2,4-6,14H,1,3H2. The molecule has 2 rings (SSSR count). The fraction of sp³-hybridized carbons (Fsp3) is 0.0909. The van der Waals surface area contributed by atoms with E-state index in [4.69, 9.17) is 0 Å². The van der Waals surface area contributed by atoms with Crippen LogP contribution in [0.15, 0.2) is 31.0 Å². The van der Waals surface area contributed by atoms with Gasteiger partial charge in [0.05, 0.1) is 5.52 Å². The number of fused-ring (bicyclic) bond motifs is 1. The number of hydrogen-bond donors (Lipinski definition) is 1. The van der Waals surface area contributed by atoms with Crippen LogP contribution in [0.1, 0.15) is 5.56 Å². The molecule has 0 unspecified atom stereocenters. The highest BCUT2D eigenvalue weighted by Crippen LogP contribution is 2.22. The minimum absolute atomic E-state index is 0.350. The average molecular weight is 193 g/mol. The molecular weight excluding hydrogens is 184 g/mol. The Morgan fingerprint density at radius 3 is 2.86 bits per heavy atom. The van der Waals surface area contributed by atoms with Crippen molar-refractivity contribution in [2.24, 2.45) is 0 Å². The number of hydrogen-bond acceptors (Lipinski definition) is 0. The predicted octanol–water partition coefficient (Wildman–Crippen LogP) is 3.17. The number of allylic oxidation sites excluding steroid dienone is 1. The Kier molecular flexibility index (Phi) is 2.08. The predicted molar refractivity (Wildman–Crippen MR) is 52.1 cm³/mol. The molecule has 1 aromatic carbocycles. The molecule has 2 aromatic rings. The quantitative estimate of drug-likeness (QED) is 0.705. The molecule has 0 aliphatic heterocycles. The van der Waals surface area contributed by atoms with Crippen molar-refractivity contribution in [1.82, 2.24) is 4.98 Å². The molecule has 3 heteroatoms. The molecule has 0 aliphatic carbocycles. The van der Waals surface area contributed by atoms with Crippen molar-refractivity contribution in [1.29, 1.82) is 0 Å². The first-order chi connectivity index (χ1) is 6.72. The van der Waals surface area contributed by atoms with Crippen molar-refractivity contribution in [2.45, 2.75) is 6.42 Å². The van der Waals surface area contributed by atoms with Crippen LogP contribution in [0, 0.1) is 11.6 Å². The Labute approximate surface area is 80.1 Å². The van der Waals surface area contributed by atoms with Gasteiger partial charge in [0.2, 0.25) is 0 Å². The molecule has 0 spiro atoms. The van der Waals surface area contributed by atoms with E-state index in [1.165, 1.54) is 6.07 Å². The summed E-state index contributed by atoms with van der Waals surface area (Å²) in [6.07, 6.45) is 3.98.